The SMILES string of the molecule is O=[N+]([O-])c1nc(C(F)F)cc(I)c1F. The van der Waals surface area contributed by atoms with E-state index >= 15 is 0 Å². The van der Waals surface area contributed by atoms with Gasteiger partial charge in [0.25, 0.3) is 0 Å². The lowest BCUT2D eigenvalue weighted by Gasteiger charge is -1.98. The molecular formula is C6H2F3IN2O2. The van der Waals surface area contributed by atoms with Gasteiger partial charge in [-0.1, -0.05) is 0 Å². The van der Waals surface area contributed by atoms with Crippen molar-refractivity contribution in [3.05, 3.63) is 31.3 Å². The summed E-state index contributed by atoms with van der Waals surface area (Å²) in [6.07, 6.45) is -2.96. The number of hydrogen-bond donors (Lipinski definition) is 0. The second-order valence-corrected chi connectivity index (χ2v) is 3.39. The number of aromatic nitrogens is 1. The molecule has 1 aromatic rings. The predicted octanol–water partition coefficient (Wildman–Crippen LogP) is 2.67. The quantitative estimate of drug-likeness (QED) is 0.478. The van der Waals surface area contributed by atoms with Crippen molar-refractivity contribution < 1.29 is 18.1 Å². The maximum absolute atomic E-state index is 12.9. The topological polar surface area (TPSA) is 56.0 Å². The molecule has 0 spiro atoms. The van der Waals surface area contributed by atoms with Crippen LogP contribution in [0.15, 0.2) is 6.07 Å². The first-order chi connectivity index (χ1) is 6.43. The molecule has 0 aliphatic rings. The zero-order valence-electron chi connectivity index (χ0n) is 6.38. The molecule has 0 fully saturated rings. The van der Waals surface area contributed by atoms with Crippen LogP contribution in [-0.4, -0.2) is 9.91 Å². The summed E-state index contributed by atoms with van der Waals surface area (Å²) in [6, 6.07) is 0.771. The van der Waals surface area contributed by atoms with E-state index in [1.54, 1.807) is 0 Å². The van der Waals surface area contributed by atoms with Crippen LogP contribution in [0.2, 0.25) is 0 Å². The van der Waals surface area contributed by atoms with Crippen LogP contribution in [0.4, 0.5) is 19.0 Å². The summed E-state index contributed by atoms with van der Waals surface area (Å²) in [4.78, 5) is 12.0. The summed E-state index contributed by atoms with van der Waals surface area (Å²) in [6.45, 7) is 0. The highest BCUT2D eigenvalue weighted by Crippen LogP contribution is 2.25. The average Bonchev–Trinajstić information content (AvgIpc) is 2.08. The number of nitrogens with zero attached hydrogens (tertiary/aromatic N) is 2. The van der Waals surface area contributed by atoms with Crippen LogP contribution in [0.25, 0.3) is 0 Å². The van der Waals surface area contributed by atoms with E-state index in [9.17, 15) is 23.3 Å². The fourth-order valence-electron chi connectivity index (χ4n) is 0.736. The number of hydrogen-bond acceptors (Lipinski definition) is 3. The van der Waals surface area contributed by atoms with Crippen molar-refractivity contribution >= 4 is 28.4 Å². The van der Waals surface area contributed by atoms with E-state index in [0.29, 0.717) is 0 Å². The molecule has 0 N–H and O–H groups in total. The molecule has 76 valence electrons. The summed E-state index contributed by atoms with van der Waals surface area (Å²) >= 11 is 1.39. The number of alkyl halides is 2. The van der Waals surface area contributed by atoms with E-state index in [1.807, 2.05) is 0 Å². The Morgan fingerprint density at radius 2 is 2.14 bits per heavy atom. The highest BCUT2D eigenvalue weighted by molar-refractivity contribution is 14.1. The molecule has 0 aliphatic heterocycles. The Hall–Kier alpha value is -0.930. The van der Waals surface area contributed by atoms with Crippen LogP contribution < -0.4 is 0 Å². The lowest BCUT2D eigenvalue weighted by molar-refractivity contribution is -0.392. The van der Waals surface area contributed by atoms with Gasteiger partial charge in [-0.3, -0.25) is 0 Å². The third-order valence-corrected chi connectivity index (χ3v) is 2.10. The molecule has 1 aromatic heterocycles. The summed E-state index contributed by atoms with van der Waals surface area (Å²) in [5.41, 5.74) is -0.803. The maximum Gasteiger partial charge on any atom is 0.401 e. The van der Waals surface area contributed by atoms with Crippen LogP contribution in [0.1, 0.15) is 12.1 Å². The predicted molar refractivity (Wildman–Crippen MR) is 48.5 cm³/mol. The van der Waals surface area contributed by atoms with Crippen molar-refractivity contribution in [2.75, 3.05) is 0 Å². The van der Waals surface area contributed by atoms with Crippen molar-refractivity contribution in [2.24, 2.45) is 0 Å². The zero-order valence-corrected chi connectivity index (χ0v) is 8.53. The highest BCUT2D eigenvalue weighted by Gasteiger charge is 2.25. The molecule has 1 rings (SSSR count). The Balaban J connectivity index is 3.35. The van der Waals surface area contributed by atoms with Crippen molar-refractivity contribution in [3.63, 3.8) is 0 Å². The van der Waals surface area contributed by atoms with Crippen LogP contribution in [0, 0.1) is 19.5 Å². The van der Waals surface area contributed by atoms with Gasteiger partial charge >= 0.3 is 12.2 Å². The fraction of sp³-hybridized carbons (Fsp3) is 0.167. The van der Waals surface area contributed by atoms with Crippen LogP contribution in [-0.2, 0) is 0 Å². The van der Waals surface area contributed by atoms with E-state index in [2.05, 4.69) is 4.98 Å². The lowest BCUT2D eigenvalue weighted by atomic mass is 10.3. The Morgan fingerprint density at radius 3 is 2.57 bits per heavy atom. The second-order valence-electron chi connectivity index (χ2n) is 2.22. The molecule has 0 radical (unpaired) electrons. The van der Waals surface area contributed by atoms with Gasteiger partial charge in [-0.05, 0) is 32.5 Å². The Labute approximate surface area is 89.4 Å². The number of pyridine rings is 1. The van der Waals surface area contributed by atoms with E-state index in [1.165, 1.54) is 22.6 Å². The minimum Gasteiger partial charge on any atom is -0.358 e. The Bertz CT molecular complexity index is 386. The van der Waals surface area contributed by atoms with Crippen LogP contribution >= 0.6 is 22.6 Å². The van der Waals surface area contributed by atoms with Gasteiger partial charge in [-0.15, -0.1) is 0 Å². The van der Waals surface area contributed by atoms with E-state index < -0.39 is 28.7 Å². The highest BCUT2D eigenvalue weighted by atomic mass is 127. The first-order valence-corrected chi connectivity index (χ1v) is 4.30. The Morgan fingerprint density at radius 1 is 1.57 bits per heavy atom. The molecule has 8 heteroatoms. The van der Waals surface area contributed by atoms with E-state index in [4.69, 9.17) is 0 Å². The number of rotatable bonds is 2. The molecule has 0 bridgehead atoms. The van der Waals surface area contributed by atoms with Crippen molar-refractivity contribution in [1.29, 1.82) is 0 Å². The van der Waals surface area contributed by atoms with Crippen LogP contribution in [0.3, 0.4) is 0 Å². The summed E-state index contributed by atoms with van der Waals surface area (Å²) in [5, 5.41) is 10.2. The maximum atomic E-state index is 12.9. The smallest absolute Gasteiger partial charge is 0.358 e. The van der Waals surface area contributed by atoms with Gasteiger partial charge in [0, 0.05) is 6.07 Å². The average molecular weight is 318 g/mol. The fourth-order valence-corrected chi connectivity index (χ4v) is 1.30. The third-order valence-electron chi connectivity index (χ3n) is 1.31. The molecule has 0 aromatic carbocycles. The molecule has 0 unspecified atom stereocenters. The number of nitro groups is 1. The first kappa shape index (κ1) is 11.1. The second kappa shape index (κ2) is 4.07. The monoisotopic (exact) mass is 318 g/mol. The molecule has 14 heavy (non-hydrogen) atoms. The van der Waals surface area contributed by atoms with Crippen LogP contribution in [0.5, 0.6) is 0 Å². The minimum atomic E-state index is -2.96. The van der Waals surface area contributed by atoms with Gasteiger partial charge in [0.1, 0.15) is 0 Å². The first-order valence-electron chi connectivity index (χ1n) is 3.22. The molecule has 4 nitrogen and oxygen atoms in total. The molecule has 0 atom stereocenters. The minimum absolute atomic E-state index is 0.250. The lowest BCUT2D eigenvalue weighted by Crippen LogP contribution is -2.02. The summed E-state index contributed by atoms with van der Waals surface area (Å²) in [5.74, 6) is -2.37. The largest absolute Gasteiger partial charge is 0.401 e. The van der Waals surface area contributed by atoms with E-state index in [0.717, 1.165) is 6.07 Å². The van der Waals surface area contributed by atoms with E-state index in [-0.39, 0.29) is 3.57 Å². The van der Waals surface area contributed by atoms with Crippen molar-refractivity contribution in [1.82, 2.24) is 4.98 Å². The summed E-state index contributed by atoms with van der Waals surface area (Å²) < 4.78 is 36.9. The summed E-state index contributed by atoms with van der Waals surface area (Å²) in [7, 11) is 0. The zero-order chi connectivity index (χ0) is 10.9. The van der Waals surface area contributed by atoms with Crippen molar-refractivity contribution in [3.8, 4) is 0 Å². The number of halogens is 4. The van der Waals surface area contributed by atoms with Gasteiger partial charge in [-0.2, -0.15) is 4.39 Å². The molecular weight excluding hydrogens is 316 g/mol. The van der Waals surface area contributed by atoms with Gasteiger partial charge in [0.15, 0.2) is 0 Å². The molecule has 1 heterocycles. The Kier molecular flexibility index (Phi) is 3.24. The molecule has 0 amide bonds. The van der Waals surface area contributed by atoms with Gasteiger partial charge in [-0.25, -0.2) is 8.78 Å². The third kappa shape index (κ3) is 2.11. The van der Waals surface area contributed by atoms with Gasteiger partial charge in [0.2, 0.25) is 11.5 Å². The molecule has 0 saturated carbocycles. The van der Waals surface area contributed by atoms with Crippen molar-refractivity contribution in [2.45, 2.75) is 6.43 Å². The normalized spacial score (nSPS) is 10.6. The van der Waals surface area contributed by atoms with Gasteiger partial charge < -0.3 is 10.1 Å². The standard InChI is InChI=1S/C6H2F3IN2O2/c7-4-2(10)1-3(5(8)9)11-6(4)12(13)14/h1,5H. The molecule has 0 aliphatic carbocycles. The van der Waals surface area contributed by atoms with Gasteiger partial charge in [0.05, 0.1) is 3.57 Å². The molecule has 0 saturated heterocycles.